The quantitative estimate of drug-likeness (QED) is 0.431. The van der Waals surface area contributed by atoms with Crippen molar-refractivity contribution in [3.63, 3.8) is 0 Å². The third kappa shape index (κ3) is 6.51. The second-order valence-corrected chi connectivity index (χ2v) is 8.66. The number of alkyl halides is 2. The molecule has 4 rings (SSSR count). The van der Waals surface area contributed by atoms with Crippen LogP contribution in [0.1, 0.15) is 52.9 Å². The van der Waals surface area contributed by atoms with Gasteiger partial charge >= 0.3 is 0 Å². The monoisotopic (exact) mass is 495 g/mol. The molecular formula is C28H28F3N3O2. The molecule has 0 saturated carbocycles. The summed E-state index contributed by atoms with van der Waals surface area (Å²) in [6.45, 7) is 2.92. The van der Waals surface area contributed by atoms with Crippen LogP contribution in [0, 0.1) is 5.82 Å². The molecule has 8 heteroatoms. The molecule has 5 nitrogen and oxygen atoms in total. The van der Waals surface area contributed by atoms with Crippen LogP contribution in [-0.2, 0) is 0 Å². The van der Waals surface area contributed by atoms with Crippen LogP contribution >= 0.6 is 0 Å². The molecule has 0 unspecified atom stereocenters. The van der Waals surface area contributed by atoms with E-state index in [1.807, 2.05) is 43.3 Å². The smallest absolute Gasteiger partial charge is 0.272 e. The van der Waals surface area contributed by atoms with E-state index in [2.05, 4.69) is 15.6 Å². The first kappa shape index (κ1) is 25.4. The number of carbonyl (C=O) groups excluding carboxylic acids is 1. The van der Waals surface area contributed by atoms with Crippen molar-refractivity contribution in [1.82, 2.24) is 15.6 Å². The zero-order valence-electron chi connectivity index (χ0n) is 19.9. The Bertz CT molecular complexity index is 1200. The van der Waals surface area contributed by atoms with Crippen molar-refractivity contribution in [1.29, 1.82) is 0 Å². The molecule has 1 aromatic heterocycles. The van der Waals surface area contributed by atoms with Crippen LogP contribution in [0.4, 0.5) is 13.2 Å². The number of carbonyl (C=O) groups is 1. The van der Waals surface area contributed by atoms with E-state index in [-0.39, 0.29) is 29.1 Å². The first-order valence-electron chi connectivity index (χ1n) is 11.9. The fraction of sp³-hybridized carbons (Fsp3) is 0.286. The maximum absolute atomic E-state index is 13.6. The van der Waals surface area contributed by atoms with Gasteiger partial charge in [-0.2, -0.15) is 0 Å². The lowest BCUT2D eigenvalue weighted by Crippen LogP contribution is -2.26. The minimum Gasteiger partial charge on any atom is -0.486 e. The van der Waals surface area contributed by atoms with E-state index in [0.717, 1.165) is 48.2 Å². The van der Waals surface area contributed by atoms with E-state index in [9.17, 15) is 18.0 Å². The zero-order valence-corrected chi connectivity index (χ0v) is 19.9. The van der Waals surface area contributed by atoms with Gasteiger partial charge in [-0.1, -0.05) is 42.0 Å². The number of nitrogens with one attached hydrogen (secondary N) is 2. The van der Waals surface area contributed by atoms with Gasteiger partial charge in [0, 0.05) is 6.20 Å². The van der Waals surface area contributed by atoms with Crippen molar-refractivity contribution in [3.05, 3.63) is 101 Å². The molecule has 0 bridgehead atoms. The summed E-state index contributed by atoms with van der Waals surface area (Å²) in [4.78, 5) is 16.6. The number of ether oxygens (including phenoxy) is 1. The highest BCUT2D eigenvalue weighted by Crippen LogP contribution is 2.32. The van der Waals surface area contributed by atoms with Gasteiger partial charge in [-0.25, -0.2) is 13.2 Å². The van der Waals surface area contributed by atoms with Gasteiger partial charge in [0.2, 0.25) is 0 Å². The van der Waals surface area contributed by atoms with Gasteiger partial charge in [0.1, 0.15) is 18.2 Å². The Morgan fingerprint density at radius 2 is 1.64 bits per heavy atom. The van der Waals surface area contributed by atoms with Crippen LogP contribution in [-0.4, -0.2) is 37.0 Å². The van der Waals surface area contributed by atoms with E-state index in [1.54, 1.807) is 0 Å². The van der Waals surface area contributed by atoms with Gasteiger partial charge in [0.15, 0.2) is 0 Å². The van der Waals surface area contributed by atoms with Crippen molar-refractivity contribution >= 4 is 11.5 Å². The first-order valence-corrected chi connectivity index (χ1v) is 11.9. The number of halogens is 3. The summed E-state index contributed by atoms with van der Waals surface area (Å²) >= 11 is 0. The molecule has 3 aromatic rings. The van der Waals surface area contributed by atoms with E-state index >= 15 is 0 Å². The van der Waals surface area contributed by atoms with Crippen LogP contribution in [0.2, 0.25) is 0 Å². The topological polar surface area (TPSA) is 63.2 Å². The van der Waals surface area contributed by atoms with Gasteiger partial charge in [-0.15, -0.1) is 0 Å². The Kier molecular flexibility index (Phi) is 8.38. The number of rotatable bonds is 8. The maximum Gasteiger partial charge on any atom is 0.272 e. The summed E-state index contributed by atoms with van der Waals surface area (Å²) < 4.78 is 43.3. The Labute approximate surface area is 208 Å². The standard InChI is InChI=1S/C28H28F3N3O2/c1-18(34-28(35)23-14-25(16-33-15-23)36-17-26(30)31)19-2-4-20(5-3-19)27(22-10-12-32-13-11-22)21-6-8-24(29)9-7-21/h2-9,14-16,18,26,32H,10-13,17H2,1H3,(H,34,35)/t18-/m1/s1. The predicted molar refractivity (Wildman–Crippen MR) is 133 cm³/mol. The van der Waals surface area contributed by atoms with Crippen molar-refractivity contribution in [2.45, 2.75) is 32.2 Å². The molecule has 1 aliphatic heterocycles. The molecule has 0 radical (unpaired) electrons. The molecule has 1 atom stereocenters. The number of benzene rings is 2. The fourth-order valence-electron chi connectivity index (χ4n) is 4.25. The minimum atomic E-state index is -2.61. The molecule has 0 aliphatic carbocycles. The first-order chi connectivity index (χ1) is 17.4. The van der Waals surface area contributed by atoms with Crippen molar-refractivity contribution < 1.29 is 22.7 Å². The fourth-order valence-corrected chi connectivity index (χ4v) is 4.25. The number of piperidine rings is 1. The molecule has 2 heterocycles. The summed E-state index contributed by atoms with van der Waals surface area (Å²) in [5.41, 5.74) is 5.58. The normalized spacial score (nSPS) is 14.4. The third-order valence-electron chi connectivity index (χ3n) is 6.09. The molecule has 1 aliphatic rings. The molecule has 1 saturated heterocycles. The van der Waals surface area contributed by atoms with Gasteiger partial charge < -0.3 is 15.4 Å². The molecule has 1 fully saturated rings. The number of amides is 1. The third-order valence-corrected chi connectivity index (χ3v) is 6.09. The highest BCUT2D eigenvalue weighted by molar-refractivity contribution is 5.94. The maximum atomic E-state index is 13.6. The van der Waals surface area contributed by atoms with Crippen molar-refractivity contribution in [2.75, 3.05) is 19.7 Å². The highest BCUT2D eigenvalue weighted by atomic mass is 19.3. The van der Waals surface area contributed by atoms with Crippen LogP contribution in [0.5, 0.6) is 5.75 Å². The van der Waals surface area contributed by atoms with Gasteiger partial charge in [-0.3, -0.25) is 9.78 Å². The summed E-state index contributed by atoms with van der Waals surface area (Å²) in [5.74, 6) is -0.542. The Morgan fingerprint density at radius 1 is 1.00 bits per heavy atom. The Hall–Kier alpha value is -3.65. The molecular weight excluding hydrogens is 467 g/mol. The lowest BCUT2D eigenvalue weighted by molar-refractivity contribution is 0.0816. The average molecular weight is 496 g/mol. The van der Waals surface area contributed by atoms with E-state index < -0.39 is 13.0 Å². The highest BCUT2D eigenvalue weighted by Gasteiger charge is 2.17. The predicted octanol–water partition coefficient (Wildman–Crippen LogP) is 5.54. The second-order valence-electron chi connectivity index (χ2n) is 8.66. The van der Waals surface area contributed by atoms with Crippen molar-refractivity contribution in [3.8, 4) is 5.75 Å². The number of hydrogen-bond acceptors (Lipinski definition) is 4. The summed E-state index contributed by atoms with van der Waals surface area (Å²) in [7, 11) is 0. The van der Waals surface area contributed by atoms with Gasteiger partial charge in [-0.05, 0) is 73.3 Å². The van der Waals surface area contributed by atoms with E-state index in [0.29, 0.717) is 0 Å². The van der Waals surface area contributed by atoms with E-state index in [4.69, 9.17) is 4.74 Å². The molecule has 0 spiro atoms. The average Bonchev–Trinajstić information content (AvgIpc) is 2.90. The van der Waals surface area contributed by atoms with Crippen LogP contribution in [0.3, 0.4) is 0 Å². The Morgan fingerprint density at radius 3 is 2.28 bits per heavy atom. The summed E-state index contributed by atoms with van der Waals surface area (Å²) in [6, 6.07) is 15.6. The van der Waals surface area contributed by atoms with Crippen LogP contribution in [0.15, 0.2) is 72.6 Å². The largest absolute Gasteiger partial charge is 0.486 e. The SMILES string of the molecule is C[C@@H](NC(=O)c1cncc(OCC(F)F)c1)c1ccc(C(=C2CCNCC2)c2ccc(F)cc2)cc1. The number of hydrogen-bond donors (Lipinski definition) is 2. The summed E-state index contributed by atoms with van der Waals surface area (Å²) in [6.07, 6.45) is 1.89. The Balaban J connectivity index is 1.50. The lowest BCUT2D eigenvalue weighted by Gasteiger charge is -2.22. The van der Waals surface area contributed by atoms with Crippen LogP contribution in [0.25, 0.3) is 5.57 Å². The molecule has 188 valence electrons. The second kappa shape index (κ2) is 11.9. The molecule has 1 amide bonds. The van der Waals surface area contributed by atoms with E-state index in [1.165, 1.54) is 36.2 Å². The van der Waals surface area contributed by atoms with Gasteiger partial charge in [0.05, 0.1) is 17.8 Å². The van der Waals surface area contributed by atoms with Crippen LogP contribution < -0.4 is 15.4 Å². The summed E-state index contributed by atoms with van der Waals surface area (Å²) in [5, 5.41) is 6.28. The number of aromatic nitrogens is 1. The molecule has 36 heavy (non-hydrogen) atoms. The minimum absolute atomic E-state index is 0.110. The zero-order chi connectivity index (χ0) is 25.5. The molecule has 2 N–H and O–H groups in total. The van der Waals surface area contributed by atoms with Gasteiger partial charge in [0.25, 0.3) is 12.3 Å². The lowest BCUT2D eigenvalue weighted by atomic mass is 9.88. The molecule has 2 aromatic carbocycles. The van der Waals surface area contributed by atoms with Crippen molar-refractivity contribution in [2.24, 2.45) is 0 Å². The number of pyridine rings is 1. The number of nitrogens with zero attached hydrogens (tertiary/aromatic N) is 1.